The van der Waals surface area contributed by atoms with Crippen molar-refractivity contribution in [3.63, 3.8) is 0 Å². The number of carbonyl (C=O) groups excluding carboxylic acids is 1. The van der Waals surface area contributed by atoms with Gasteiger partial charge in [-0.05, 0) is 18.9 Å². The third kappa shape index (κ3) is 1.67. The largest absolute Gasteiger partial charge is 0.452 e. The van der Waals surface area contributed by atoms with E-state index in [0.717, 1.165) is 0 Å². The van der Waals surface area contributed by atoms with Gasteiger partial charge < -0.3 is 9.84 Å². The Morgan fingerprint density at radius 2 is 2.17 bits per heavy atom. The van der Waals surface area contributed by atoms with Crippen LogP contribution in [0.4, 0.5) is 0 Å². The molecular weight excluding hydrogens is 156 g/mol. The highest BCUT2D eigenvalue weighted by Gasteiger charge is 2.29. The van der Waals surface area contributed by atoms with Gasteiger partial charge in [-0.15, -0.1) is 0 Å². The molecule has 68 valence electrons. The lowest BCUT2D eigenvalue weighted by atomic mass is 10.0. The van der Waals surface area contributed by atoms with Crippen LogP contribution < -0.4 is 0 Å². The fourth-order valence-corrected chi connectivity index (χ4v) is 1.11. The van der Waals surface area contributed by atoms with Crippen molar-refractivity contribution in [2.45, 2.75) is 33.0 Å². The summed E-state index contributed by atoms with van der Waals surface area (Å²) < 4.78 is 4.92. The van der Waals surface area contributed by atoms with Crippen LogP contribution in [0.15, 0.2) is 11.6 Å². The summed E-state index contributed by atoms with van der Waals surface area (Å²) in [7, 11) is 0. The Morgan fingerprint density at radius 1 is 1.58 bits per heavy atom. The highest BCUT2D eigenvalue weighted by atomic mass is 16.6. The molecule has 1 aliphatic heterocycles. The van der Waals surface area contributed by atoms with Gasteiger partial charge in [-0.2, -0.15) is 0 Å². The van der Waals surface area contributed by atoms with Crippen molar-refractivity contribution < 1.29 is 14.6 Å². The second kappa shape index (κ2) is 3.27. The number of rotatable bonds is 2. The fourth-order valence-electron chi connectivity index (χ4n) is 1.11. The zero-order chi connectivity index (χ0) is 9.30. The number of aliphatic hydroxyl groups excluding tert-OH is 1. The lowest BCUT2D eigenvalue weighted by molar-refractivity contribution is -0.144. The zero-order valence-corrected chi connectivity index (χ0v) is 7.57. The van der Waals surface area contributed by atoms with E-state index in [1.165, 1.54) is 0 Å². The number of carbonyl (C=O) groups is 1. The summed E-state index contributed by atoms with van der Waals surface area (Å²) in [6, 6.07) is 0. The number of aliphatic hydroxyl groups is 1. The van der Waals surface area contributed by atoms with Gasteiger partial charge in [0.05, 0.1) is 6.10 Å². The molecule has 0 radical (unpaired) electrons. The summed E-state index contributed by atoms with van der Waals surface area (Å²) in [6.07, 6.45) is 0.636. The molecule has 0 saturated carbocycles. The fraction of sp³-hybridized carbons (Fsp3) is 0.667. The van der Waals surface area contributed by atoms with E-state index in [1.54, 1.807) is 13.0 Å². The second-order valence-corrected chi connectivity index (χ2v) is 3.45. The molecule has 1 N–H and O–H groups in total. The lowest BCUT2D eigenvalue weighted by Gasteiger charge is -2.19. The summed E-state index contributed by atoms with van der Waals surface area (Å²) in [5.74, 6) is -0.218. The predicted molar refractivity (Wildman–Crippen MR) is 44.5 cm³/mol. The Morgan fingerprint density at radius 3 is 2.50 bits per heavy atom. The van der Waals surface area contributed by atoms with Gasteiger partial charge in [-0.3, -0.25) is 0 Å². The van der Waals surface area contributed by atoms with Crippen LogP contribution in [0.2, 0.25) is 0 Å². The van der Waals surface area contributed by atoms with Gasteiger partial charge in [0.15, 0.2) is 0 Å². The topological polar surface area (TPSA) is 46.5 Å². The normalized spacial score (nSPS) is 25.6. The van der Waals surface area contributed by atoms with Crippen molar-refractivity contribution in [2.24, 2.45) is 5.92 Å². The Hall–Kier alpha value is -0.830. The summed E-state index contributed by atoms with van der Waals surface area (Å²) in [6.45, 7) is 5.47. The third-order valence-electron chi connectivity index (χ3n) is 2.00. The Bertz CT molecular complexity index is 218. The molecule has 0 spiro atoms. The SMILES string of the molecule is CC1=CC(C(O)C(C)C)OC1=O. The molecule has 0 fully saturated rings. The summed E-state index contributed by atoms with van der Waals surface area (Å²) in [5, 5.41) is 9.54. The minimum atomic E-state index is -0.591. The van der Waals surface area contributed by atoms with E-state index in [2.05, 4.69) is 0 Å². The minimum Gasteiger partial charge on any atom is -0.452 e. The van der Waals surface area contributed by atoms with Crippen LogP contribution in [-0.2, 0) is 9.53 Å². The molecule has 2 atom stereocenters. The van der Waals surface area contributed by atoms with Gasteiger partial charge in [0.1, 0.15) is 6.10 Å². The summed E-state index contributed by atoms with van der Waals surface area (Å²) in [4.78, 5) is 10.9. The molecule has 3 heteroatoms. The average molecular weight is 170 g/mol. The van der Waals surface area contributed by atoms with E-state index in [1.807, 2.05) is 13.8 Å². The van der Waals surface area contributed by atoms with E-state index in [4.69, 9.17) is 4.74 Å². The van der Waals surface area contributed by atoms with Crippen LogP contribution in [0.25, 0.3) is 0 Å². The molecule has 2 unspecified atom stereocenters. The van der Waals surface area contributed by atoms with E-state index >= 15 is 0 Å². The van der Waals surface area contributed by atoms with E-state index in [9.17, 15) is 9.90 Å². The highest BCUT2D eigenvalue weighted by molar-refractivity contribution is 5.90. The van der Waals surface area contributed by atoms with Gasteiger partial charge in [-0.25, -0.2) is 4.79 Å². The molecule has 0 amide bonds. The van der Waals surface area contributed by atoms with Crippen molar-refractivity contribution in [3.8, 4) is 0 Å². The van der Waals surface area contributed by atoms with Crippen LogP contribution in [0.1, 0.15) is 20.8 Å². The Kier molecular flexibility index (Phi) is 2.52. The van der Waals surface area contributed by atoms with Crippen molar-refractivity contribution in [1.29, 1.82) is 0 Å². The lowest BCUT2D eigenvalue weighted by Crippen LogP contribution is -2.30. The number of esters is 1. The molecule has 3 nitrogen and oxygen atoms in total. The summed E-state index contributed by atoms with van der Waals surface area (Å²) in [5.41, 5.74) is 0.583. The van der Waals surface area contributed by atoms with E-state index < -0.39 is 12.2 Å². The molecule has 0 bridgehead atoms. The molecule has 0 aromatic rings. The van der Waals surface area contributed by atoms with Crippen molar-refractivity contribution in [3.05, 3.63) is 11.6 Å². The first-order chi connectivity index (χ1) is 5.52. The quantitative estimate of drug-likeness (QED) is 0.625. The zero-order valence-electron chi connectivity index (χ0n) is 7.57. The molecule has 0 saturated heterocycles. The van der Waals surface area contributed by atoms with Crippen molar-refractivity contribution >= 4 is 5.97 Å². The summed E-state index contributed by atoms with van der Waals surface area (Å²) >= 11 is 0. The first-order valence-corrected chi connectivity index (χ1v) is 4.10. The second-order valence-electron chi connectivity index (χ2n) is 3.45. The molecule has 0 aliphatic carbocycles. The number of cyclic esters (lactones) is 1. The van der Waals surface area contributed by atoms with Gasteiger partial charge in [-0.1, -0.05) is 13.8 Å². The predicted octanol–water partition coefficient (Wildman–Crippen LogP) is 0.875. The van der Waals surface area contributed by atoms with Crippen LogP contribution in [0.5, 0.6) is 0 Å². The van der Waals surface area contributed by atoms with Crippen LogP contribution in [0, 0.1) is 5.92 Å². The Labute approximate surface area is 72.0 Å². The first-order valence-electron chi connectivity index (χ1n) is 4.10. The average Bonchev–Trinajstić information content (AvgIpc) is 2.30. The maximum atomic E-state index is 10.9. The monoisotopic (exact) mass is 170 g/mol. The van der Waals surface area contributed by atoms with Gasteiger partial charge in [0.25, 0.3) is 0 Å². The van der Waals surface area contributed by atoms with E-state index in [-0.39, 0.29) is 11.9 Å². The van der Waals surface area contributed by atoms with Crippen molar-refractivity contribution in [1.82, 2.24) is 0 Å². The molecule has 1 heterocycles. The number of ether oxygens (including phenoxy) is 1. The first kappa shape index (κ1) is 9.26. The highest BCUT2D eigenvalue weighted by Crippen LogP contribution is 2.19. The molecule has 0 aromatic carbocycles. The smallest absolute Gasteiger partial charge is 0.334 e. The molecule has 1 aliphatic rings. The molecular formula is C9H14O3. The van der Waals surface area contributed by atoms with Crippen LogP contribution in [0.3, 0.4) is 0 Å². The van der Waals surface area contributed by atoms with Gasteiger partial charge in [0, 0.05) is 5.57 Å². The minimum absolute atomic E-state index is 0.102. The maximum Gasteiger partial charge on any atom is 0.334 e. The third-order valence-corrected chi connectivity index (χ3v) is 2.00. The standard InChI is InChI=1S/C9H14O3/c1-5(2)8(10)7-4-6(3)9(11)12-7/h4-5,7-8,10H,1-3H3. The van der Waals surface area contributed by atoms with Crippen LogP contribution >= 0.6 is 0 Å². The maximum absolute atomic E-state index is 10.9. The number of hydrogen-bond donors (Lipinski definition) is 1. The van der Waals surface area contributed by atoms with Gasteiger partial charge in [0.2, 0.25) is 0 Å². The molecule has 1 rings (SSSR count). The molecule has 12 heavy (non-hydrogen) atoms. The Balaban J connectivity index is 2.63. The van der Waals surface area contributed by atoms with Crippen LogP contribution in [-0.4, -0.2) is 23.3 Å². The molecule has 0 aromatic heterocycles. The van der Waals surface area contributed by atoms with Crippen molar-refractivity contribution in [2.75, 3.05) is 0 Å². The number of hydrogen-bond acceptors (Lipinski definition) is 3. The van der Waals surface area contributed by atoms with E-state index in [0.29, 0.717) is 5.57 Å². The van der Waals surface area contributed by atoms with Gasteiger partial charge >= 0.3 is 5.97 Å².